The van der Waals surface area contributed by atoms with Gasteiger partial charge in [0.05, 0.1) is 32.1 Å². The van der Waals surface area contributed by atoms with E-state index in [9.17, 15) is 0 Å². The molecule has 166 valence electrons. The van der Waals surface area contributed by atoms with Crippen LogP contribution in [0.15, 0.2) is 52.1 Å². The molecule has 0 amide bonds. The van der Waals surface area contributed by atoms with Gasteiger partial charge in [-0.1, -0.05) is 32.0 Å². The number of nitrogens with one attached hydrogen (secondary N) is 2. The quantitative estimate of drug-likeness (QED) is 0.205. The van der Waals surface area contributed by atoms with Gasteiger partial charge in [0, 0.05) is 31.6 Å². The van der Waals surface area contributed by atoms with E-state index in [0.717, 1.165) is 49.9 Å². The number of rotatable bonds is 10. The molecule has 0 radical (unpaired) electrons. The van der Waals surface area contributed by atoms with Crippen molar-refractivity contribution >= 4 is 29.9 Å². The Morgan fingerprint density at radius 3 is 2.87 bits per heavy atom. The fourth-order valence-electron chi connectivity index (χ4n) is 3.21. The van der Waals surface area contributed by atoms with Gasteiger partial charge in [-0.15, -0.1) is 24.0 Å². The van der Waals surface area contributed by atoms with E-state index in [-0.39, 0.29) is 30.0 Å². The first-order chi connectivity index (χ1) is 14.2. The maximum absolute atomic E-state index is 5.78. The van der Waals surface area contributed by atoms with Gasteiger partial charge in [0.25, 0.3) is 0 Å². The van der Waals surface area contributed by atoms with Crippen LogP contribution in [-0.4, -0.2) is 38.9 Å². The van der Waals surface area contributed by atoms with Crippen molar-refractivity contribution < 1.29 is 13.9 Å². The van der Waals surface area contributed by atoms with Gasteiger partial charge in [0.15, 0.2) is 5.96 Å². The number of hydrogen-bond acceptors (Lipinski definition) is 4. The van der Waals surface area contributed by atoms with Gasteiger partial charge in [0.1, 0.15) is 11.5 Å². The summed E-state index contributed by atoms with van der Waals surface area (Å²) in [6, 6.07) is 12.3. The molecule has 0 saturated carbocycles. The average molecular weight is 527 g/mol. The molecule has 0 spiro atoms. The SMILES string of the molecule is CC(C)CCOCCN=C(NCCc1ccco1)NC1CCOc2ccccc21.I. The molecule has 0 bridgehead atoms. The summed E-state index contributed by atoms with van der Waals surface area (Å²) in [6.45, 7) is 7.90. The van der Waals surface area contributed by atoms with E-state index in [2.05, 4.69) is 30.5 Å². The van der Waals surface area contributed by atoms with Gasteiger partial charge in [-0.25, -0.2) is 0 Å². The summed E-state index contributed by atoms with van der Waals surface area (Å²) >= 11 is 0. The molecule has 7 heteroatoms. The zero-order chi connectivity index (χ0) is 20.3. The third kappa shape index (κ3) is 8.18. The maximum Gasteiger partial charge on any atom is 0.191 e. The van der Waals surface area contributed by atoms with Gasteiger partial charge in [-0.3, -0.25) is 4.99 Å². The summed E-state index contributed by atoms with van der Waals surface area (Å²) in [6.07, 6.45) is 4.49. The Morgan fingerprint density at radius 2 is 2.07 bits per heavy atom. The molecular formula is C23H34IN3O3. The van der Waals surface area contributed by atoms with E-state index in [0.29, 0.717) is 25.7 Å². The minimum Gasteiger partial charge on any atom is -0.493 e. The highest BCUT2D eigenvalue weighted by Gasteiger charge is 2.21. The summed E-state index contributed by atoms with van der Waals surface area (Å²) in [5.41, 5.74) is 1.17. The van der Waals surface area contributed by atoms with Crippen LogP contribution < -0.4 is 15.4 Å². The van der Waals surface area contributed by atoms with Crippen molar-refractivity contribution in [3.05, 3.63) is 54.0 Å². The van der Waals surface area contributed by atoms with E-state index in [1.54, 1.807) is 6.26 Å². The van der Waals surface area contributed by atoms with Crippen LogP contribution in [0.4, 0.5) is 0 Å². The topological polar surface area (TPSA) is 68.0 Å². The van der Waals surface area contributed by atoms with Crippen LogP contribution in [-0.2, 0) is 11.2 Å². The highest BCUT2D eigenvalue weighted by Crippen LogP contribution is 2.31. The summed E-state index contributed by atoms with van der Waals surface area (Å²) in [7, 11) is 0. The lowest BCUT2D eigenvalue weighted by atomic mass is 10.0. The standard InChI is InChI=1S/C23H33N3O3.HI/c1-18(2)10-15-27-17-13-25-23(24-12-9-19-6-5-14-28-19)26-21-11-16-29-22-8-4-3-7-20(21)22;/h3-8,14,18,21H,9-13,15-17H2,1-2H3,(H2,24,25,26);1H. The van der Waals surface area contributed by atoms with Crippen molar-refractivity contribution in [1.82, 2.24) is 10.6 Å². The molecule has 1 aliphatic heterocycles. The Morgan fingerprint density at radius 1 is 1.20 bits per heavy atom. The molecule has 1 unspecified atom stereocenters. The van der Waals surface area contributed by atoms with Crippen molar-refractivity contribution in [2.45, 2.75) is 39.2 Å². The fourth-order valence-corrected chi connectivity index (χ4v) is 3.21. The Hall–Kier alpha value is -1.74. The lowest BCUT2D eigenvalue weighted by Gasteiger charge is -2.28. The molecule has 6 nitrogen and oxygen atoms in total. The van der Waals surface area contributed by atoms with E-state index in [4.69, 9.17) is 18.9 Å². The first kappa shape index (κ1) is 24.5. The van der Waals surface area contributed by atoms with E-state index in [1.165, 1.54) is 5.56 Å². The van der Waals surface area contributed by atoms with Crippen molar-refractivity contribution in [3.63, 3.8) is 0 Å². The van der Waals surface area contributed by atoms with Gasteiger partial charge in [0.2, 0.25) is 0 Å². The number of guanidine groups is 1. The number of para-hydroxylation sites is 1. The third-order valence-electron chi connectivity index (χ3n) is 4.86. The molecule has 2 heterocycles. The number of nitrogens with zero attached hydrogens (tertiary/aromatic N) is 1. The highest BCUT2D eigenvalue weighted by molar-refractivity contribution is 14.0. The lowest BCUT2D eigenvalue weighted by Crippen LogP contribution is -2.42. The predicted octanol–water partition coefficient (Wildman–Crippen LogP) is 4.56. The van der Waals surface area contributed by atoms with Crippen LogP contribution >= 0.6 is 24.0 Å². The Labute approximate surface area is 196 Å². The largest absolute Gasteiger partial charge is 0.493 e. The number of halogens is 1. The van der Waals surface area contributed by atoms with E-state index >= 15 is 0 Å². The Bertz CT molecular complexity index is 750. The highest BCUT2D eigenvalue weighted by atomic mass is 127. The van der Waals surface area contributed by atoms with Crippen LogP contribution in [0.3, 0.4) is 0 Å². The van der Waals surface area contributed by atoms with Crippen molar-refractivity contribution in [3.8, 4) is 5.75 Å². The first-order valence-electron chi connectivity index (χ1n) is 10.6. The summed E-state index contributed by atoms with van der Waals surface area (Å²) in [5, 5.41) is 7.00. The second kappa shape index (κ2) is 13.5. The lowest BCUT2D eigenvalue weighted by molar-refractivity contribution is 0.130. The molecule has 0 fully saturated rings. The number of benzene rings is 1. The molecular weight excluding hydrogens is 493 g/mol. The van der Waals surface area contributed by atoms with E-state index in [1.807, 2.05) is 30.3 Å². The second-order valence-electron chi connectivity index (χ2n) is 7.65. The number of hydrogen-bond donors (Lipinski definition) is 2. The Kier molecular flexibility index (Phi) is 11.1. The molecule has 0 saturated heterocycles. The normalized spacial score (nSPS) is 15.8. The smallest absolute Gasteiger partial charge is 0.191 e. The van der Waals surface area contributed by atoms with Crippen LogP contribution in [0.5, 0.6) is 5.75 Å². The van der Waals surface area contributed by atoms with Crippen molar-refractivity contribution in [2.75, 3.05) is 32.9 Å². The molecule has 2 aromatic rings. The van der Waals surface area contributed by atoms with E-state index < -0.39 is 0 Å². The van der Waals surface area contributed by atoms with Gasteiger partial charge < -0.3 is 24.5 Å². The van der Waals surface area contributed by atoms with Crippen LogP contribution in [0.2, 0.25) is 0 Å². The van der Waals surface area contributed by atoms with Gasteiger partial charge in [-0.05, 0) is 30.5 Å². The molecule has 1 aliphatic rings. The number of aliphatic imine (C=N–C) groups is 1. The first-order valence-corrected chi connectivity index (χ1v) is 10.6. The third-order valence-corrected chi connectivity index (χ3v) is 4.86. The molecule has 1 atom stereocenters. The van der Waals surface area contributed by atoms with Crippen LogP contribution in [0, 0.1) is 5.92 Å². The number of fused-ring (bicyclic) bond motifs is 1. The molecule has 1 aromatic carbocycles. The molecule has 3 rings (SSSR count). The predicted molar refractivity (Wildman–Crippen MR) is 131 cm³/mol. The van der Waals surface area contributed by atoms with Crippen molar-refractivity contribution in [1.29, 1.82) is 0 Å². The summed E-state index contributed by atoms with van der Waals surface area (Å²) in [4.78, 5) is 4.72. The minimum atomic E-state index is 0. The van der Waals surface area contributed by atoms with Gasteiger partial charge in [-0.2, -0.15) is 0 Å². The molecule has 1 aromatic heterocycles. The average Bonchev–Trinajstić information content (AvgIpc) is 3.24. The van der Waals surface area contributed by atoms with Crippen LogP contribution in [0.1, 0.15) is 44.1 Å². The number of furan rings is 1. The molecule has 30 heavy (non-hydrogen) atoms. The second-order valence-corrected chi connectivity index (χ2v) is 7.65. The Balaban J connectivity index is 0.00000320. The van der Waals surface area contributed by atoms with Crippen molar-refractivity contribution in [2.24, 2.45) is 10.9 Å². The minimum absolute atomic E-state index is 0. The molecule has 2 N–H and O–H groups in total. The zero-order valence-corrected chi connectivity index (χ0v) is 20.3. The summed E-state index contributed by atoms with van der Waals surface area (Å²) in [5.74, 6) is 3.37. The zero-order valence-electron chi connectivity index (χ0n) is 17.9. The summed E-state index contributed by atoms with van der Waals surface area (Å²) < 4.78 is 16.9. The number of ether oxygens (including phenoxy) is 2. The molecule has 0 aliphatic carbocycles. The monoisotopic (exact) mass is 527 g/mol. The van der Waals surface area contributed by atoms with Crippen LogP contribution in [0.25, 0.3) is 0 Å². The maximum atomic E-state index is 5.78. The fraction of sp³-hybridized carbons (Fsp3) is 0.522. The van der Waals surface area contributed by atoms with Gasteiger partial charge >= 0.3 is 0 Å².